The normalized spacial score (nSPS) is 21.5. The van der Waals surface area contributed by atoms with Crippen molar-refractivity contribution in [3.05, 3.63) is 227 Å². The van der Waals surface area contributed by atoms with E-state index in [-0.39, 0.29) is 16.6 Å². The van der Waals surface area contributed by atoms with Crippen LogP contribution < -0.4 is 15.5 Å². The lowest BCUT2D eigenvalue weighted by atomic mass is 9.65. The summed E-state index contributed by atoms with van der Waals surface area (Å²) in [5.41, 5.74) is 3.65. The van der Waals surface area contributed by atoms with Gasteiger partial charge in [0.15, 0.2) is 5.13 Å². The topological polar surface area (TPSA) is 144 Å². The van der Waals surface area contributed by atoms with Crippen molar-refractivity contribution in [3.8, 4) is 17.6 Å². The molecule has 4 heterocycles. The number of carbonyl (C=O) groups excluding carboxylic acids is 4. The number of thiazole rings is 1. The summed E-state index contributed by atoms with van der Waals surface area (Å²) >= 11 is 1.27. The van der Waals surface area contributed by atoms with Crippen LogP contribution in [0.25, 0.3) is 10.2 Å². The molecule has 3 aliphatic heterocycles. The Balaban J connectivity index is 1.15. The molecule has 0 bridgehead atoms. The number of cyclic esters (lactones) is 1. The van der Waals surface area contributed by atoms with E-state index < -0.39 is 65.4 Å². The standard InChI is InChI=1S/C60H50N6O6S/c1-38(41-21-9-4-10-22-41)61-59(71)65-48-34-29-39(20-17-35-64(2)37-40-18-7-3-8-19-40)36-46(48)60(57(65)70)50(55(68)63-58-62-47-27-15-16-28-49(47)73-58)52-56(69)72-53(43-25-13-6-14-26-43)51(42-23-11-5-12-24-42)66(52)54(60)44-30-32-45(67)33-31-44/h3-16,18-19,21-34,36,38,50-54,67H,35,37H2,1-2H3,(H,61,71)(H,62,63,68)/t38-,50-,51-,52-,53+,54+,60-/m1/s1. The third kappa shape index (κ3) is 8.59. The van der Waals surface area contributed by atoms with Gasteiger partial charge in [-0.05, 0) is 89.8 Å². The number of ether oxygens (including phenoxy) is 1. The number of phenols is 1. The monoisotopic (exact) mass is 982 g/mol. The summed E-state index contributed by atoms with van der Waals surface area (Å²) in [6.07, 6.45) is -0.915. The van der Waals surface area contributed by atoms with Gasteiger partial charge in [0.05, 0.1) is 46.5 Å². The molecule has 7 aromatic carbocycles. The highest BCUT2D eigenvalue weighted by atomic mass is 32.1. The van der Waals surface area contributed by atoms with Gasteiger partial charge in [-0.25, -0.2) is 14.7 Å². The average Bonchev–Trinajstić information content (AvgIpc) is 4.08. The number of hydrogen-bond acceptors (Lipinski definition) is 10. The Kier molecular flexibility index (Phi) is 12.6. The van der Waals surface area contributed by atoms with Crippen LogP contribution in [0.5, 0.6) is 5.75 Å². The van der Waals surface area contributed by atoms with E-state index in [0.717, 1.165) is 26.3 Å². The number of morpholine rings is 1. The molecule has 73 heavy (non-hydrogen) atoms. The van der Waals surface area contributed by atoms with Crippen molar-refractivity contribution in [3.63, 3.8) is 0 Å². The molecule has 0 unspecified atom stereocenters. The molecular weight excluding hydrogens is 933 g/mol. The van der Waals surface area contributed by atoms with Crippen LogP contribution in [0.2, 0.25) is 0 Å². The van der Waals surface area contributed by atoms with E-state index in [4.69, 9.17) is 9.72 Å². The van der Waals surface area contributed by atoms with E-state index in [9.17, 15) is 5.11 Å². The number of para-hydroxylation sites is 1. The number of phenolic OH excluding ortho intramolecular Hbond substituents is 1. The summed E-state index contributed by atoms with van der Waals surface area (Å²) in [7, 11) is 1.99. The predicted molar refractivity (Wildman–Crippen MR) is 281 cm³/mol. The van der Waals surface area contributed by atoms with E-state index in [1.165, 1.54) is 23.5 Å². The van der Waals surface area contributed by atoms with Crippen LogP contribution in [0.15, 0.2) is 188 Å². The van der Waals surface area contributed by atoms with Gasteiger partial charge in [-0.15, -0.1) is 0 Å². The summed E-state index contributed by atoms with van der Waals surface area (Å²) in [5, 5.41) is 17.3. The molecule has 0 aliphatic carbocycles. The summed E-state index contributed by atoms with van der Waals surface area (Å²) in [4.78, 5) is 73.4. The number of imide groups is 1. The van der Waals surface area contributed by atoms with Crippen LogP contribution in [0.4, 0.5) is 15.6 Å². The minimum absolute atomic E-state index is 0.0267. The van der Waals surface area contributed by atoms with Crippen molar-refractivity contribution < 1.29 is 29.0 Å². The molecule has 4 amide bonds. The number of anilines is 2. The van der Waals surface area contributed by atoms with Gasteiger partial charge in [0, 0.05) is 12.1 Å². The van der Waals surface area contributed by atoms with Gasteiger partial charge in [0.25, 0.3) is 0 Å². The van der Waals surface area contributed by atoms with Gasteiger partial charge >= 0.3 is 12.0 Å². The number of nitrogens with zero attached hydrogens (tertiary/aromatic N) is 4. The molecule has 2 fully saturated rings. The van der Waals surface area contributed by atoms with Gasteiger partial charge in [0.1, 0.15) is 23.3 Å². The highest BCUT2D eigenvalue weighted by molar-refractivity contribution is 7.22. The molecule has 1 spiro atoms. The maximum absolute atomic E-state index is 16.7. The number of nitrogens with one attached hydrogen (secondary N) is 2. The Bertz CT molecular complexity index is 3390. The minimum Gasteiger partial charge on any atom is -0.508 e. The fourth-order valence-electron chi connectivity index (χ4n) is 11.1. The average molecular weight is 983 g/mol. The quantitative estimate of drug-likeness (QED) is 0.0901. The maximum Gasteiger partial charge on any atom is 0.329 e. The van der Waals surface area contributed by atoms with Gasteiger partial charge in [-0.2, -0.15) is 0 Å². The van der Waals surface area contributed by atoms with E-state index in [2.05, 4.69) is 39.5 Å². The van der Waals surface area contributed by atoms with Crippen molar-refractivity contribution in [1.29, 1.82) is 0 Å². The molecule has 13 heteroatoms. The third-order valence-electron chi connectivity index (χ3n) is 14.2. The Morgan fingerprint density at radius 3 is 2.12 bits per heavy atom. The molecule has 8 aromatic rings. The molecule has 11 rings (SSSR count). The van der Waals surface area contributed by atoms with Crippen LogP contribution in [0.1, 0.15) is 70.1 Å². The number of esters is 1. The predicted octanol–water partition coefficient (Wildman–Crippen LogP) is 10.3. The molecule has 362 valence electrons. The lowest BCUT2D eigenvalue weighted by Gasteiger charge is -2.46. The maximum atomic E-state index is 16.7. The van der Waals surface area contributed by atoms with Crippen LogP contribution >= 0.6 is 11.3 Å². The smallest absolute Gasteiger partial charge is 0.329 e. The zero-order valence-electron chi connectivity index (χ0n) is 40.0. The summed E-state index contributed by atoms with van der Waals surface area (Å²) in [6.45, 7) is 2.92. The van der Waals surface area contributed by atoms with Gasteiger partial charge in [-0.1, -0.05) is 169 Å². The second-order valence-corrected chi connectivity index (χ2v) is 19.8. The molecule has 2 saturated heterocycles. The number of fused-ring (bicyclic) bond motifs is 4. The molecule has 7 atom stereocenters. The Labute approximate surface area is 426 Å². The highest BCUT2D eigenvalue weighted by Gasteiger charge is 2.75. The molecule has 1 aromatic heterocycles. The molecule has 0 saturated carbocycles. The van der Waals surface area contributed by atoms with E-state index >= 15 is 19.2 Å². The largest absolute Gasteiger partial charge is 0.508 e. The molecule has 3 N–H and O–H groups in total. The summed E-state index contributed by atoms with van der Waals surface area (Å²) < 4.78 is 7.46. The van der Waals surface area contributed by atoms with Crippen LogP contribution in [0, 0.1) is 17.8 Å². The van der Waals surface area contributed by atoms with Crippen LogP contribution in [0.3, 0.4) is 0 Å². The Morgan fingerprint density at radius 1 is 0.781 bits per heavy atom. The van der Waals surface area contributed by atoms with E-state index in [0.29, 0.717) is 40.9 Å². The van der Waals surface area contributed by atoms with Crippen molar-refractivity contribution >= 4 is 56.2 Å². The first-order valence-electron chi connectivity index (χ1n) is 24.2. The van der Waals surface area contributed by atoms with Crippen molar-refractivity contribution in [2.24, 2.45) is 5.92 Å². The van der Waals surface area contributed by atoms with Crippen LogP contribution in [-0.2, 0) is 31.1 Å². The van der Waals surface area contributed by atoms with E-state index in [1.54, 1.807) is 30.3 Å². The van der Waals surface area contributed by atoms with Gasteiger partial charge < -0.3 is 20.5 Å². The first kappa shape index (κ1) is 46.9. The lowest BCUT2D eigenvalue weighted by Crippen LogP contribution is -2.55. The molecule has 12 nitrogen and oxygen atoms in total. The second-order valence-electron chi connectivity index (χ2n) is 18.7. The first-order chi connectivity index (χ1) is 35.6. The zero-order chi connectivity index (χ0) is 50.2. The first-order valence-corrected chi connectivity index (χ1v) is 25.0. The molecule has 0 radical (unpaired) electrons. The summed E-state index contributed by atoms with van der Waals surface area (Å²) in [6, 6.07) is 53.2. The van der Waals surface area contributed by atoms with Crippen molar-refractivity contribution in [1.82, 2.24) is 20.1 Å². The van der Waals surface area contributed by atoms with Crippen molar-refractivity contribution in [2.75, 3.05) is 23.8 Å². The number of urea groups is 1. The van der Waals surface area contributed by atoms with Gasteiger partial charge in [-0.3, -0.25) is 24.2 Å². The van der Waals surface area contributed by atoms with Gasteiger partial charge in [0.2, 0.25) is 11.8 Å². The number of carbonyl (C=O) groups is 4. The second kappa shape index (κ2) is 19.7. The fourth-order valence-corrected chi connectivity index (χ4v) is 11.9. The number of amides is 4. The number of aromatic hydroxyl groups is 1. The Hall–Kier alpha value is -8.41. The van der Waals surface area contributed by atoms with E-state index in [1.807, 2.05) is 152 Å². The molecule has 3 aliphatic rings. The zero-order valence-corrected chi connectivity index (χ0v) is 40.8. The Morgan fingerprint density at radius 2 is 1.42 bits per heavy atom. The summed E-state index contributed by atoms with van der Waals surface area (Å²) in [5.74, 6) is 2.96. The van der Waals surface area contributed by atoms with Crippen molar-refractivity contribution in [2.45, 2.75) is 49.2 Å². The number of hydrogen-bond donors (Lipinski definition) is 3. The number of rotatable bonds is 10. The minimum atomic E-state index is -2.04. The number of benzene rings is 7. The third-order valence-corrected chi connectivity index (χ3v) is 15.1. The highest BCUT2D eigenvalue weighted by Crippen LogP contribution is 2.66. The molecular formula is C60H50N6O6S. The number of aromatic nitrogens is 1. The SMILES string of the molecule is C[C@@H](NC(=O)N1C(=O)[C@@]2(c3cc(C#CCN(C)Cc4ccccc4)ccc31)[C@H](c1ccc(O)cc1)N1[C@H](c3ccccc3)[C@H](c3ccccc3)OC(=O)[C@H]1[C@@H]2C(=O)Nc1nc2ccccc2s1)c1ccccc1. The van der Waals surface area contributed by atoms with Crippen LogP contribution in [-0.4, -0.2) is 63.3 Å². The fraction of sp³-hybridized carbons (Fsp3) is 0.183. The lowest BCUT2D eigenvalue weighted by molar-refractivity contribution is -0.177.